The van der Waals surface area contributed by atoms with Crippen molar-refractivity contribution in [1.82, 2.24) is 0 Å². The predicted molar refractivity (Wildman–Crippen MR) is 117 cm³/mol. The van der Waals surface area contributed by atoms with Crippen molar-refractivity contribution in [2.45, 2.75) is 6.92 Å². The number of ether oxygens (including phenoxy) is 3. The van der Waals surface area contributed by atoms with Gasteiger partial charge in [0.2, 0.25) is 5.90 Å². The number of aliphatic imine (C=N–C) groups is 1. The number of esters is 1. The van der Waals surface area contributed by atoms with Crippen LogP contribution in [0.4, 0.5) is 0 Å². The van der Waals surface area contributed by atoms with Gasteiger partial charge in [-0.3, -0.25) is 0 Å². The van der Waals surface area contributed by atoms with Gasteiger partial charge in [-0.1, -0.05) is 54.6 Å². The molecule has 0 spiro atoms. The monoisotopic (exact) mass is 399 g/mol. The van der Waals surface area contributed by atoms with Crippen LogP contribution in [0.15, 0.2) is 83.5 Å². The molecule has 0 aliphatic carbocycles. The van der Waals surface area contributed by atoms with Crippen molar-refractivity contribution >= 4 is 17.9 Å². The van der Waals surface area contributed by atoms with Crippen molar-refractivity contribution in [3.8, 4) is 22.6 Å². The van der Waals surface area contributed by atoms with E-state index in [0.29, 0.717) is 23.7 Å². The lowest BCUT2D eigenvalue weighted by molar-refractivity contribution is -0.129. The molecule has 0 fully saturated rings. The summed E-state index contributed by atoms with van der Waals surface area (Å²) in [7, 11) is 1.58. The fourth-order valence-electron chi connectivity index (χ4n) is 3.22. The average molecular weight is 399 g/mol. The SMILES string of the molecule is CCOc1c(/C=C2\N=C(c3ccc(-c4ccccc4)cc3)OC2=O)cccc1OC. The first kappa shape index (κ1) is 19.5. The van der Waals surface area contributed by atoms with Gasteiger partial charge in [0, 0.05) is 11.1 Å². The summed E-state index contributed by atoms with van der Waals surface area (Å²) in [4.78, 5) is 16.8. The molecule has 4 rings (SSSR count). The third-order valence-electron chi connectivity index (χ3n) is 4.67. The van der Waals surface area contributed by atoms with E-state index in [0.717, 1.165) is 16.7 Å². The van der Waals surface area contributed by atoms with Crippen LogP contribution < -0.4 is 9.47 Å². The van der Waals surface area contributed by atoms with Crippen LogP contribution in [-0.2, 0) is 9.53 Å². The Kier molecular flexibility index (Phi) is 5.61. The summed E-state index contributed by atoms with van der Waals surface area (Å²) >= 11 is 0. The van der Waals surface area contributed by atoms with Crippen LogP contribution in [0.1, 0.15) is 18.1 Å². The van der Waals surface area contributed by atoms with Crippen LogP contribution in [0.25, 0.3) is 17.2 Å². The Morgan fingerprint density at radius 1 is 0.900 bits per heavy atom. The lowest BCUT2D eigenvalue weighted by atomic mass is 10.0. The van der Waals surface area contributed by atoms with E-state index in [-0.39, 0.29) is 11.6 Å². The van der Waals surface area contributed by atoms with Gasteiger partial charge in [0.15, 0.2) is 17.2 Å². The Morgan fingerprint density at radius 3 is 2.30 bits per heavy atom. The Labute approximate surface area is 175 Å². The van der Waals surface area contributed by atoms with E-state index in [1.807, 2.05) is 79.7 Å². The topological polar surface area (TPSA) is 57.1 Å². The normalized spacial score (nSPS) is 14.4. The van der Waals surface area contributed by atoms with E-state index in [2.05, 4.69) is 4.99 Å². The molecule has 0 unspecified atom stereocenters. The van der Waals surface area contributed by atoms with Crippen molar-refractivity contribution in [3.63, 3.8) is 0 Å². The summed E-state index contributed by atoms with van der Waals surface area (Å²) in [5.41, 5.74) is 3.86. The molecule has 0 bridgehead atoms. The summed E-state index contributed by atoms with van der Waals surface area (Å²) in [5, 5.41) is 0. The summed E-state index contributed by atoms with van der Waals surface area (Å²) in [6.07, 6.45) is 1.65. The quantitative estimate of drug-likeness (QED) is 0.427. The van der Waals surface area contributed by atoms with Crippen molar-refractivity contribution in [2.24, 2.45) is 4.99 Å². The van der Waals surface area contributed by atoms with E-state index >= 15 is 0 Å². The molecule has 0 atom stereocenters. The van der Waals surface area contributed by atoms with Crippen molar-refractivity contribution in [1.29, 1.82) is 0 Å². The Balaban J connectivity index is 1.64. The molecule has 150 valence electrons. The van der Waals surface area contributed by atoms with Gasteiger partial charge in [-0.25, -0.2) is 9.79 Å². The number of para-hydroxylation sites is 1. The van der Waals surface area contributed by atoms with Gasteiger partial charge in [-0.15, -0.1) is 0 Å². The van der Waals surface area contributed by atoms with Crippen LogP contribution in [-0.4, -0.2) is 25.6 Å². The first-order valence-corrected chi connectivity index (χ1v) is 9.68. The van der Waals surface area contributed by atoms with Gasteiger partial charge < -0.3 is 14.2 Å². The third-order valence-corrected chi connectivity index (χ3v) is 4.67. The largest absolute Gasteiger partial charge is 0.493 e. The zero-order valence-corrected chi connectivity index (χ0v) is 16.8. The van der Waals surface area contributed by atoms with Gasteiger partial charge >= 0.3 is 5.97 Å². The zero-order chi connectivity index (χ0) is 20.9. The molecule has 1 aliphatic heterocycles. The molecule has 1 heterocycles. The molecule has 3 aromatic rings. The summed E-state index contributed by atoms with van der Waals surface area (Å²) < 4.78 is 16.5. The first-order valence-electron chi connectivity index (χ1n) is 9.68. The highest BCUT2D eigenvalue weighted by molar-refractivity contribution is 6.13. The molecule has 3 aromatic carbocycles. The first-order chi connectivity index (χ1) is 14.7. The van der Waals surface area contributed by atoms with Gasteiger partial charge in [-0.2, -0.15) is 0 Å². The van der Waals surface area contributed by atoms with Crippen molar-refractivity contribution in [3.05, 3.63) is 89.6 Å². The fourth-order valence-corrected chi connectivity index (χ4v) is 3.22. The van der Waals surface area contributed by atoms with Gasteiger partial charge in [0.25, 0.3) is 0 Å². The molecule has 0 aromatic heterocycles. The average Bonchev–Trinajstić information content (AvgIpc) is 3.16. The highest BCUT2D eigenvalue weighted by Crippen LogP contribution is 2.33. The van der Waals surface area contributed by atoms with E-state index in [1.54, 1.807) is 13.2 Å². The molecule has 0 saturated heterocycles. The third kappa shape index (κ3) is 3.96. The van der Waals surface area contributed by atoms with Crippen molar-refractivity contribution < 1.29 is 19.0 Å². The van der Waals surface area contributed by atoms with Crippen LogP contribution in [0.3, 0.4) is 0 Å². The summed E-state index contributed by atoms with van der Waals surface area (Å²) in [6, 6.07) is 23.3. The minimum absolute atomic E-state index is 0.214. The van der Waals surface area contributed by atoms with E-state index in [1.165, 1.54) is 0 Å². The molecule has 1 aliphatic rings. The number of carbonyl (C=O) groups is 1. The maximum Gasteiger partial charge on any atom is 0.363 e. The number of hydrogen-bond donors (Lipinski definition) is 0. The van der Waals surface area contributed by atoms with Crippen LogP contribution in [0.5, 0.6) is 11.5 Å². The summed E-state index contributed by atoms with van der Waals surface area (Å²) in [6.45, 7) is 2.37. The van der Waals surface area contributed by atoms with E-state index < -0.39 is 5.97 Å². The molecule has 0 saturated carbocycles. The second-order valence-corrected chi connectivity index (χ2v) is 6.59. The highest BCUT2D eigenvalue weighted by atomic mass is 16.6. The predicted octanol–water partition coefficient (Wildman–Crippen LogP) is 5.11. The van der Waals surface area contributed by atoms with Crippen molar-refractivity contribution in [2.75, 3.05) is 13.7 Å². The fraction of sp³-hybridized carbons (Fsp3) is 0.120. The molecular weight excluding hydrogens is 378 g/mol. The molecule has 0 amide bonds. The number of cyclic esters (lactones) is 1. The molecule has 0 N–H and O–H groups in total. The number of carbonyl (C=O) groups excluding carboxylic acids is 1. The Morgan fingerprint density at radius 2 is 1.60 bits per heavy atom. The molecule has 30 heavy (non-hydrogen) atoms. The lowest BCUT2D eigenvalue weighted by Gasteiger charge is -2.11. The Bertz CT molecular complexity index is 1120. The number of nitrogens with zero attached hydrogens (tertiary/aromatic N) is 1. The number of benzene rings is 3. The number of hydrogen-bond acceptors (Lipinski definition) is 5. The zero-order valence-electron chi connectivity index (χ0n) is 16.8. The molecular formula is C25H21NO4. The van der Waals surface area contributed by atoms with E-state index in [9.17, 15) is 4.79 Å². The van der Waals surface area contributed by atoms with Gasteiger partial charge in [0.1, 0.15) is 0 Å². The van der Waals surface area contributed by atoms with E-state index in [4.69, 9.17) is 14.2 Å². The standard InChI is InChI=1S/C25H21NO4/c1-3-29-23-20(10-7-11-22(23)28-2)16-21-25(27)30-24(26-21)19-14-12-18(13-15-19)17-8-5-4-6-9-17/h4-16H,3H2,1-2H3/b21-16-. The Hall–Kier alpha value is -3.86. The highest BCUT2D eigenvalue weighted by Gasteiger charge is 2.25. The number of methoxy groups -OCH3 is 1. The summed E-state index contributed by atoms with van der Waals surface area (Å²) in [5.74, 6) is 0.950. The van der Waals surface area contributed by atoms with Crippen LogP contribution in [0.2, 0.25) is 0 Å². The molecule has 0 radical (unpaired) electrons. The minimum Gasteiger partial charge on any atom is -0.493 e. The van der Waals surface area contributed by atoms with Crippen LogP contribution >= 0.6 is 0 Å². The molecule has 5 nitrogen and oxygen atoms in total. The molecule has 5 heteroatoms. The maximum absolute atomic E-state index is 12.4. The minimum atomic E-state index is -0.498. The second kappa shape index (κ2) is 8.66. The number of rotatable bonds is 6. The van der Waals surface area contributed by atoms with Crippen LogP contribution in [0, 0.1) is 0 Å². The van der Waals surface area contributed by atoms with Gasteiger partial charge in [-0.05, 0) is 42.3 Å². The smallest absolute Gasteiger partial charge is 0.363 e. The van der Waals surface area contributed by atoms with Gasteiger partial charge in [0.05, 0.1) is 13.7 Å². The maximum atomic E-state index is 12.4. The second-order valence-electron chi connectivity index (χ2n) is 6.59. The lowest BCUT2D eigenvalue weighted by Crippen LogP contribution is -2.05.